The first-order chi connectivity index (χ1) is 12.8. The van der Waals surface area contributed by atoms with Crippen molar-refractivity contribution in [1.29, 1.82) is 0 Å². The maximum atomic E-state index is 12.6. The molecule has 2 aromatic rings. The minimum atomic E-state index is -0.310. The van der Waals surface area contributed by atoms with Gasteiger partial charge in [-0.3, -0.25) is 14.4 Å². The van der Waals surface area contributed by atoms with Crippen LogP contribution in [0.3, 0.4) is 0 Å². The van der Waals surface area contributed by atoms with E-state index in [9.17, 15) is 14.4 Å². The van der Waals surface area contributed by atoms with Gasteiger partial charge >= 0.3 is 0 Å². The lowest BCUT2D eigenvalue weighted by Crippen LogP contribution is -2.37. The summed E-state index contributed by atoms with van der Waals surface area (Å²) in [5.41, 5.74) is 3.90. The second-order valence-corrected chi connectivity index (χ2v) is 6.35. The first-order valence-electron chi connectivity index (χ1n) is 8.86. The van der Waals surface area contributed by atoms with Crippen LogP contribution in [-0.2, 0) is 20.8 Å². The summed E-state index contributed by atoms with van der Waals surface area (Å²) in [5, 5.41) is 5.45. The molecule has 0 fully saturated rings. The molecule has 2 rings (SSSR count). The highest BCUT2D eigenvalue weighted by atomic mass is 16.2. The van der Waals surface area contributed by atoms with Gasteiger partial charge in [-0.25, -0.2) is 0 Å². The Labute approximate surface area is 159 Å². The van der Waals surface area contributed by atoms with Crippen molar-refractivity contribution >= 4 is 34.8 Å². The highest BCUT2D eigenvalue weighted by Crippen LogP contribution is 2.26. The molecule has 0 atom stereocenters. The van der Waals surface area contributed by atoms with Crippen LogP contribution < -0.4 is 15.5 Å². The zero-order valence-corrected chi connectivity index (χ0v) is 16.1. The topological polar surface area (TPSA) is 78.5 Å². The van der Waals surface area contributed by atoms with Gasteiger partial charge in [0.1, 0.15) is 6.54 Å². The standard InChI is InChI=1S/C21H25N3O3/c1-5-17-9-6-8-14(2)21(17)24(16(4)26)13-20(27)23-19-11-7-10-18(12-19)22-15(3)25/h6-12H,5,13H2,1-4H3,(H,22,25)(H,23,27). The van der Waals surface area contributed by atoms with Crippen LogP contribution in [0.1, 0.15) is 31.9 Å². The maximum absolute atomic E-state index is 12.6. The van der Waals surface area contributed by atoms with Crippen molar-refractivity contribution in [3.63, 3.8) is 0 Å². The highest BCUT2D eigenvalue weighted by Gasteiger charge is 2.20. The molecule has 0 aromatic heterocycles. The quantitative estimate of drug-likeness (QED) is 0.820. The van der Waals surface area contributed by atoms with Crippen LogP contribution >= 0.6 is 0 Å². The van der Waals surface area contributed by atoms with Gasteiger partial charge in [-0.15, -0.1) is 0 Å². The largest absolute Gasteiger partial charge is 0.326 e. The molecule has 0 aliphatic heterocycles. The Balaban J connectivity index is 2.20. The molecule has 0 heterocycles. The predicted molar refractivity (Wildman–Crippen MR) is 108 cm³/mol. The van der Waals surface area contributed by atoms with E-state index in [-0.39, 0.29) is 24.3 Å². The van der Waals surface area contributed by atoms with Gasteiger partial charge < -0.3 is 15.5 Å². The summed E-state index contributed by atoms with van der Waals surface area (Å²) < 4.78 is 0. The van der Waals surface area contributed by atoms with Gasteiger partial charge in [0.05, 0.1) is 5.69 Å². The van der Waals surface area contributed by atoms with Crippen molar-refractivity contribution in [2.75, 3.05) is 22.1 Å². The van der Waals surface area contributed by atoms with E-state index in [4.69, 9.17) is 0 Å². The molecule has 0 unspecified atom stereocenters. The predicted octanol–water partition coefficient (Wildman–Crippen LogP) is 3.51. The van der Waals surface area contributed by atoms with Crippen LogP contribution in [0.25, 0.3) is 0 Å². The van der Waals surface area contributed by atoms with E-state index in [0.29, 0.717) is 11.4 Å². The third-order valence-corrected chi connectivity index (χ3v) is 4.12. The van der Waals surface area contributed by atoms with Crippen LogP contribution in [0.5, 0.6) is 0 Å². The molecule has 6 nitrogen and oxygen atoms in total. The van der Waals surface area contributed by atoms with Gasteiger partial charge in [-0.05, 0) is 42.7 Å². The zero-order valence-electron chi connectivity index (χ0n) is 16.1. The minimum Gasteiger partial charge on any atom is -0.326 e. The fraction of sp³-hybridized carbons (Fsp3) is 0.286. The molecule has 27 heavy (non-hydrogen) atoms. The lowest BCUT2D eigenvalue weighted by Gasteiger charge is -2.25. The van der Waals surface area contributed by atoms with E-state index in [1.54, 1.807) is 24.3 Å². The third-order valence-electron chi connectivity index (χ3n) is 4.12. The van der Waals surface area contributed by atoms with Crippen LogP contribution in [0.4, 0.5) is 17.1 Å². The second kappa shape index (κ2) is 8.98. The van der Waals surface area contributed by atoms with Gasteiger partial charge in [0.25, 0.3) is 0 Å². The van der Waals surface area contributed by atoms with E-state index >= 15 is 0 Å². The molecule has 0 aliphatic rings. The SMILES string of the molecule is CCc1cccc(C)c1N(CC(=O)Nc1cccc(NC(C)=O)c1)C(C)=O. The van der Waals surface area contributed by atoms with Crippen molar-refractivity contribution in [2.45, 2.75) is 34.1 Å². The fourth-order valence-electron chi connectivity index (χ4n) is 2.96. The summed E-state index contributed by atoms with van der Waals surface area (Å²) in [5.74, 6) is -0.690. The molecule has 0 saturated heterocycles. The third kappa shape index (κ3) is 5.41. The zero-order chi connectivity index (χ0) is 20.0. The molecule has 6 heteroatoms. The fourth-order valence-corrected chi connectivity index (χ4v) is 2.96. The number of aryl methyl sites for hydroxylation is 2. The van der Waals surface area contributed by atoms with Gasteiger partial charge in [0.15, 0.2) is 0 Å². The summed E-state index contributed by atoms with van der Waals surface area (Å²) in [4.78, 5) is 37.5. The summed E-state index contributed by atoms with van der Waals surface area (Å²) in [6.07, 6.45) is 0.765. The first kappa shape index (κ1) is 20.2. The van der Waals surface area contributed by atoms with E-state index in [1.165, 1.54) is 18.7 Å². The van der Waals surface area contributed by atoms with Gasteiger partial charge in [0.2, 0.25) is 17.7 Å². The molecule has 2 aromatic carbocycles. The first-order valence-corrected chi connectivity index (χ1v) is 8.86. The molecule has 0 bridgehead atoms. The number of benzene rings is 2. The molecular formula is C21H25N3O3. The molecular weight excluding hydrogens is 342 g/mol. The lowest BCUT2D eigenvalue weighted by atomic mass is 10.0. The Morgan fingerprint density at radius 3 is 2.19 bits per heavy atom. The number of nitrogens with zero attached hydrogens (tertiary/aromatic N) is 1. The van der Waals surface area contributed by atoms with Gasteiger partial charge in [-0.1, -0.05) is 31.2 Å². The number of rotatable bonds is 6. The minimum absolute atomic E-state index is 0.0858. The monoisotopic (exact) mass is 367 g/mol. The number of para-hydroxylation sites is 1. The van der Waals surface area contributed by atoms with E-state index < -0.39 is 0 Å². The van der Waals surface area contributed by atoms with Crippen molar-refractivity contribution in [2.24, 2.45) is 0 Å². The lowest BCUT2D eigenvalue weighted by molar-refractivity contribution is -0.120. The van der Waals surface area contributed by atoms with Crippen LogP contribution in [-0.4, -0.2) is 24.3 Å². The van der Waals surface area contributed by atoms with Crippen molar-refractivity contribution in [1.82, 2.24) is 0 Å². The van der Waals surface area contributed by atoms with Crippen LogP contribution in [0, 0.1) is 6.92 Å². The molecule has 0 saturated carbocycles. The number of nitrogens with one attached hydrogen (secondary N) is 2. The Morgan fingerprint density at radius 1 is 0.963 bits per heavy atom. The Bertz CT molecular complexity index is 862. The Hall–Kier alpha value is -3.15. The maximum Gasteiger partial charge on any atom is 0.244 e. The number of carbonyl (C=O) groups excluding carboxylic acids is 3. The number of hydrogen-bond acceptors (Lipinski definition) is 3. The van der Waals surface area contributed by atoms with Crippen LogP contribution in [0.15, 0.2) is 42.5 Å². The summed E-state index contributed by atoms with van der Waals surface area (Å²) in [6.45, 7) is 6.74. The van der Waals surface area contributed by atoms with Crippen LogP contribution in [0.2, 0.25) is 0 Å². The molecule has 2 N–H and O–H groups in total. The Kier molecular flexibility index (Phi) is 6.71. The number of amides is 3. The average molecular weight is 367 g/mol. The summed E-state index contributed by atoms with van der Waals surface area (Å²) in [6, 6.07) is 12.7. The molecule has 3 amide bonds. The number of anilines is 3. The summed E-state index contributed by atoms with van der Waals surface area (Å²) in [7, 11) is 0. The molecule has 142 valence electrons. The molecule has 0 radical (unpaired) electrons. The van der Waals surface area contributed by atoms with Gasteiger partial charge in [-0.2, -0.15) is 0 Å². The smallest absolute Gasteiger partial charge is 0.244 e. The second-order valence-electron chi connectivity index (χ2n) is 6.35. The van der Waals surface area contributed by atoms with E-state index in [1.807, 2.05) is 32.0 Å². The summed E-state index contributed by atoms with van der Waals surface area (Å²) >= 11 is 0. The van der Waals surface area contributed by atoms with Crippen molar-refractivity contribution < 1.29 is 14.4 Å². The van der Waals surface area contributed by atoms with Crippen molar-refractivity contribution in [3.05, 3.63) is 53.6 Å². The van der Waals surface area contributed by atoms with Crippen molar-refractivity contribution in [3.8, 4) is 0 Å². The molecule has 0 spiro atoms. The Morgan fingerprint density at radius 2 is 1.59 bits per heavy atom. The van der Waals surface area contributed by atoms with E-state index in [2.05, 4.69) is 10.6 Å². The van der Waals surface area contributed by atoms with E-state index in [0.717, 1.165) is 23.2 Å². The normalized spacial score (nSPS) is 10.2. The highest BCUT2D eigenvalue weighted by molar-refractivity contribution is 6.03. The number of carbonyl (C=O) groups is 3. The molecule has 0 aliphatic carbocycles. The van der Waals surface area contributed by atoms with Gasteiger partial charge in [0, 0.05) is 25.2 Å². The number of hydrogen-bond donors (Lipinski definition) is 2. The average Bonchev–Trinajstić information content (AvgIpc) is 2.59.